The van der Waals surface area contributed by atoms with Crippen molar-refractivity contribution in [3.05, 3.63) is 93.6 Å². The minimum Gasteiger partial charge on any atom is -0.448 e. The van der Waals surface area contributed by atoms with Crippen molar-refractivity contribution in [3.8, 4) is 0 Å². The Morgan fingerprint density at radius 2 is 1.65 bits per heavy atom. The first-order valence-electron chi connectivity index (χ1n) is 9.24. The molecule has 2 aromatic carbocycles. The van der Waals surface area contributed by atoms with Crippen LogP contribution in [0.15, 0.2) is 82.5 Å². The van der Waals surface area contributed by atoms with Crippen molar-refractivity contribution in [1.29, 1.82) is 0 Å². The van der Waals surface area contributed by atoms with E-state index in [9.17, 15) is 9.59 Å². The van der Waals surface area contributed by atoms with Crippen LogP contribution in [-0.2, 0) is 14.3 Å². The highest BCUT2D eigenvalue weighted by molar-refractivity contribution is 8.00. The van der Waals surface area contributed by atoms with Gasteiger partial charge in [0.1, 0.15) is 21.6 Å². The fourth-order valence-electron chi connectivity index (χ4n) is 3.52. The van der Waals surface area contributed by atoms with Crippen molar-refractivity contribution in [3.63, 3.8) is 0 Å². The standard InChI is InChI=1S/C22H18Cl2N2O3S.ClH/c23-16(24)11-15-12-30-21-17(25)20(27)26(21)18(15)22(28)29-19(13-7-3-1-4-8-13)14-9-5-2-6-10-14;/h1-11,17,19,21H,12,25H2;1H/t17?,21-;/m1./s1. The number of carbonyl (C=O) groups excluding carboxylic acids is 2. The molecule has 2 aliphatic heterocycles. The van der Waals surface area contributed by atoms with E-state index in [2.05, 4.69) is 0 Å². The van der Waals surface area contributed by atoms with E-state index >= 15 is 0 Å². The summed E-state index contributed by atoms with van der Waals surface area (Å²) in [6.07, 6.45) is 0.835. The van der Waals surface area contributed by atoms with Gasteiger partial charge in [0.05, 0.1) is 0 Å². The highest BCUT2D eigenvalue weighted by Crippen LogP contribution is 2.41. The van der Waals surface area contributed by atoms with Crippen LogP contribution < -0.4 is 5.73 Å². The highest BCUT2D eigenvalue weighted by atomic mass is 35.5. The average Bonchev–Trinajstić information content (AvgIpc) is 2.77. The molecule has 1 unspecified atom stereocenters. The maximum atomic E-state index is 13.3. The molecule has 2 aromatic rings. The van der Waals surface area contributed by atoms with Crippen molar-refractivity contribution in [2.24, 2.45) is 5.73 Å². The first kappa shape index (κ1) is 23.7. The third-order valence-corrected chi connectivity index (χ3v) is 6.49. The number of amides is 1. The Morgan fingerprint density at radius 3 is 2.16 bits per heavy atom. The van der Waals surface area contributed by atoms with Gasteiger partial charge in [0.2, 0.25) is 5.91 Å². The van der Waals surface area contributed by atoms with Crippen LogP contribution in [-0.4, -0.2) is 33.9 Å². The summed E-state index contributed by atoms with van der Waals surface area (Å²) in [5, 5.41) is -0.307. The predicted molar refractivity (Wildman–Crippen MR) is 126 cm³/mol. The average molecular weight is 498 g/mol. The SMILES string of the molecule is Cl.NC1C(=O)N2C(C(=O)OC(c3ccccc3)c3ccccc3)=C(C=C(Cl)Cl)CS[C@H]12. The number of nitrogens with two attached hydrogens (primary N) is 1. The number of hydrogen-bond donors (Lipinski definition) is 1. The molecule has 0 saturated carbocycles. The molecule has 0 spiro atoms. The summed E-state index contributed by atoms with van der Waals surface area (Å²) in [6, 6.07) is 18.2. The maximum Gasteiger partial charge on any atom is 0.356 e. The molecular weight excluding hydrogens is 479 g/mol. The fourth-order valence-corrected chi connectivity index (χ4v) is 5.03. The summed E-state index contributed by atoms with van der Waals surface area (Å²) < 4.78 is 5.95. The second-order valence-electron chi connectivity index (χ2n) is 6.85. The van der Waals surface area contributed by atoms with Gasteiger partial charge in [-0.2, -0.15) is 0 Å². The number of rotatable bonds is 5. The smallest absolute Gasteiger partial charge is 0.356 e. The number of nitrogens with zero attached hydrogens (tertiary/aromatic N) is 1. The van der Waals surface area contributed by atoms with Crippen LogP contribution in [0.3, 0.4) is 0 Å². The molecule has 2 N–H and O–H groups in total. The first-order valence-corrected chi connectivity index (χ1v) is 11.0. The number of hydrogen-bond acceptors (Lipinski definition) is 5. The van der Waals surface area contributed by atoms with Gasteiger partial charge in [-0.15, -0.1) is 24.2 Å². The van der Waals surface area contributed by atoms with Gasteiger partial charge in [-0.25, -0.2) is 4.79 Å². The number of thioether (sulfide) groups is 1. The summed E-state index contributed by atoms with van der Waals surface area (Å²) in [5.74, 6) is -0.512. The number of ether oxygens (including phenoxy) is 1. The molecule has 4 rings (SSSR count). The van der Waals surface area contributed by atoms with Gasteiger partial charge < -0.3 is 10.5 Å². The molecule has 0 bridgehead atoms. The summed E-state index contributed by atoms with van der Waals surface area (Å²) in [6.45, 7) is 0. The zero-order valence-electron chi connectivity index (χ0n) is 16.1. The molecule has 2 heterocycles. The highest BCUT2D eigenvalue weighted by Gasteiger charge is 2.52. The van der Waals surface area contributed by atoms with Gasteiger partial charge in [0.15, 0.2) is 6.10 Å². The van der Waals surface area contributed by atoms with Gasteiger partial charge in [0, 0.05) is 5.75 Å². The van der Waals surface area contributed by atoms with Gasteiger partial charge in [-0.1, -0.05) is 83.9 Å². The lowest BCUT2D eigenvalue weighted by Gasteiger charge is -2.48. The normalized spacial score (nSPS) is 19.9. The lowest BCUT2D eigenvalue weighted by atomic mass is 10.0. The topological polar surface area (TPSA) is 72.6 Å². The predicted octanol–water partition coefficient (Wildman–Crippen LogP) is 4.56. The molecular formula is C22H19Cl3N2O3S. The number of benzene rings is 2. The molecule has 0 aromatic heterocycles. The quantitative estimate of drug-likeness (QED) is 0.484. The third kappa shape index (κ3) is 4.78. The van der Waals surface area contributed by atoms with Gasteiger partial charge in [0.25, 0.3) is 0 Å². The van der Waals surface area contributed by atoms with Crippen molar-refractivity contribution in [2.45, 2.75) is 17.5 Å². The lowest BCUT2D eigenvalue weighted by molar-refractivity contribution is -0.153. The molecule has 9 heteroatoms. The first-order chi connectivity index (χ1) is 14.5. The van der Waals surface area contributed by atoms with Gasteiger partial charge >= 0.3 is 5.97 Å². The van der Waals surface area contributed by atoms with E-state index in [0.717, 1.165) is 11.1 Å². The molecule has 1 saturated heterocycles. The Balaban J connectivity index is 0.00000272. The van der Waals surface area contributed by atoms with Crippen LogP contribution in [0.2, 0.25) is 0 Å². The van der Waals surface area contributed by atoms with Gasteiger partial charge in [-0.3, -0.25) is 9.69 Å². The lowest BCUT2D eigenvalue weighted by Crippen LogP contribution is -2.68. The monoisotopic (exact) mass is 496 g/mol. The number of halogens is 3. The van der Waals surface area contributed by atoms with E-state index in [1.165, 1.54) is 22.7 Å². The summed E-state index contributed by atoms with van der Waals surface area (Å²) in [5.41, 5.74) is 8.22. The Labute approximate surface area is 200 Å². The van der Waals surface area contributed by atoms with E-state index in [0.29, 0.717) is 11.3 Å². The zero-order chi connectivity index (χ0) is 21.3. The van der Waals surface area contributed by atoms with Crippen LogP contribution in [0, 0.1) is 0 Å². The molecule has 1 fully saturated rings. The molecule has 0 aliphatic carbocycles. The summed E-state index contributed by atoms with van der Waals surface area (Å²) in [4.78, 5) is 27.2. The summed E-state index contributed by atoms with van der Waals surface area (Å²) in [7, 11) is 0. The number of carbonyl (C=O) groups is 2. The summed E-state index contributed by atoms with van der Waals surface area (Å²) >= 11 is 13.2. The minimum atomic E-state index is -0.645. The van der Waals surface area contributed by atoms with E-state index in [4.69, 9.17) is 33.7 Å². The van der Waals surface area contributed by atoms with Gasteiger partial charge in [-0.05, 0) is 22.8 Å². The minimum absolute atomic E-state index is 0. The van der Waals surface area contributed by atoms with Crippen molar-refractivity contribution in [2.75, 3.05) is 5.75 Å². The van der Waals surface area contributed by atoms with Crippen molar-refractivity contribution in [1.82, 2.24) is 4.90 Å². The molecule has 162 valence electrons. The van der Waals surface area contributed by atoms with Crippen molar-refractivity contribution < 1.29 is 14.3 Å². The largest absolute Gasteiger partial charge is 0.448 e. The second-order valence-corrected chi connectivity index (χ2v) is 8.96. The molecule has 2 aliphatic rings. The van der Waals surface area contributed by atoms with E-state index in [1.54, 1.807) is 0 Å². The van der Waals surface area contributed by atoms with Crippen LogP contribution in [0.1, 0.15) is 17.2 Å². The number of allylic oxidation sites excluding steroid dienone is 1. The molecule has 2 atom stereocenters. The van der Waals surface area contributed by atoms with E-state index < -0.39 is 18.1 Å². The number of esters is 1. The molecule has 5 nitrogen and oxygen atoms in total. The molecule has 0 radical (unpaired) electrons. The maximum absolute atomic E-state index is 13.3. The third-order valence-electron chi connectivity index (χ3n) is 4.95. The molecule has 1 amide bonds. The van der Waals surface area contributed by atoms with Crippen LogP contribution in [0.5, 0.6) is 0 Å². The zero-order valence-corrected chi connectivity index (χ0v) is 19.3. The fraction of sp³-hybridized carbons (Fsp3) is 0.182. The Bertz CT molecular complexity index is 987. The Kier molecular flexibility index (Phi) is 7.73. The van der Waals surface area contributed by atoms with Crippen LogP contribution in [0.25, 0.3) is 0 Å². The Hall–Kier alpha value is -1.96. The van der Waals surface area contributed by atoms with Crippen LogP contribution in [0.4, 0.5) is 0 Å². The van der Waals surface area contributed by atoms with Crippen LogP contribution >= 0.6 is 47.4 Å². The number of β-lactam (4-membered cyclic amide) rings is 1. The Morgan fingerprint density at radius 1 is 1.10 bits per heavy atom. The van der Waals surface area contributed by atoms with E-state index in [1.807, 2.05) is 60.7 Å². The van der Waals surface area contributed by atoms with Crippen molar-refractivity contribution >= 4 is 59.2 Å². The second kappa shape index (κ2) is 10.1. The number of fused-ring (bicyclic) bond motifs is 1. The molecule has 31 heavy (non-hydrogen) atoms. The van der Waals surface area contributed by atoms with E-state index in [-0.39, 0.29) is 33.9 Å².